The van der Waals surface area contributed by atoms with Crippen LogP contribution in [0.1, 0.15) is 6.92 Å². The second kappa shape index (κ2) is 6.86. The number of nitrogens with zero attached hydrogens (tertiary/aromatic N) is 4. The van der Waals surface area contributed by atoms with Gasteiger partial charge in [-0.15, -0.1) is 5.10 Å². The number of hydrogen-bond donors (Lipinski definition) is 1. The van der Waals surface area contributed by atoms with Crippen molar-refractivity contribution in [1.29, 1.82) is 0 Å². The van der Waals surface area contributed by atoms with Crippen molar-refractivity contribution in [2.45, 2.75) is 19.6 Å². The van der Waals surface area contributed by atoms with Crippen LogP contribution in [0.3, 0.4) is 0 Å². The number of amides is 1. The number of nitrogens with one attached hydrogen (secondary N) is 1. The summed E-state index contributed by atoms with van der Waals surface area (Å²) in [5.41, 5.74) is 0.641. The lowest BCUT2D eigenvalue weighted by atomic mass is 10.1. The number of esters is 1. The van der Waals surface area contributed by atoms with Crippen LogP contribution in [0.15, 0.2) is 48.8 Å². The Bertz CT molecular complexity index is 863. The van der Waals surface area contributed by atoms with E-state index < -0.39 is 18.0 Å². The fourth-order valence-electron chi connectivity index (χ4n) is 2.18. The third-order valence-corrected chi connectivity index (χ3v) is 3.38. The Morgan fingerprint density at radius 2 is 2.00 bits per heavy atom. The second-order valence-corrected chi connectivity index (χ2v) is 5.19. The summed E-state index contributed by atoms with van der Waals surface area (Å²) in [6.45, 7) is 1.36. The lowest BCUT2D eigenvalue weighted by molar-refractivity contribution is -0.153. The first-order chi connectivity index (χ1) is 11.6. The Morgan fingerprint density at radius 1 is 1.21 bits per heavy atom. The first-order valence-corrected chi connectivity index (χ1v) is 7.32. The first kappa shape index (κ1) is 15.6. The molecule has 0 saturated heterocycles. The molecule has 1 heterocycles. The number of fused-ring (bicyclic) bond motifs is 1. The Kier molecular flexibility index (Phi) is 4.46. The molecule has 3 rings (SSSR count). The molecule has 0 saturated carbocycles. The summed E-state index contributed by atoms with van der Waals surface area (Å²) in [5, 5.41) is 15.2. The summed E-state index contributed by atoms with van der Waals surface area (Å²) in [4.78, 5) is 23.9. The van der Waals surface area contributed by atoms with E-state index in [0.717, 1.165) is 10.8 Å². The van der Waals surface area contributed by atoms with Crippen molar-refractivity contribution >= 4 is 28.3 Å². The zero-order valence-corrected chi connectivity index (χ0v) is 12.9. The molecule has 8 heteroatoms. The van der Waals surface area contributed by atoms with Gasteiger partial charge in [-0.2, -0.15) is 0 Å². The van der Waals surface area contributed by atoms with Crippen LogP contribution >= 0.6 is 0 Å². The summed E-state index contributed by atoms with van der Waals surface area (Å²) < 4.78 is 6.30. The Balaban J connectivity index is 1.59. The van der Waals surface area contributed by atoms with Crippen LogP contribution in [0.4, 0.5) is 5.69 Å². The molecule has 1 aromatic heterocycles. The van der Waals surface area contributed by atoms with E-state index in [9.17, 15) is 9.59 Å². The molecule has 1 N–H and O–H groups in total. The molecule has 1 amide bonds. The van der Waals surface area contributed by atoms with E-state index in [2.05, 4.69) is 20.8 Å². The molecular weight excluding hydrogens is 310 g/mol. The predicted octanol–water partition coefficient (Wildman–Crippen LogP) is 1.40. The molecule has 0 aliphatic carbocycles. The SMILES string of the molecule is C[C@@H](OC(=O)Cn1cnnn1)C(=O)Nc1ccc2ccccc2c1. The topological polar surface area (TPSA) is 99.0 Å². The molecule has 3 aromatic rings. The number of rotatable bonds is 5. The minimum Gasteiger partial charge on any atom is -0.451 e. The van der Waals surface area contributed by atoms with Gasteiger partial charge >= 0.3 is 5.97 Å². The van der Waals surface area contributed by atoms with E-state index in [0.29, 0.717) is 5.69 Å². The van der Waals surface area contributed by atoms with Gasteiger partial charge in [0.25, 0.3) is 5.91 Å². The van der Waals surface area contributed by atoms with Crippen molar-refractivity contribution in [1.82, 2.24) is 20.2 Å². The standard InChI is InChI=1S/C16H15N5O3/c1-11(24-15(22)9-21-10-17-19-20-21)16(23)18-14-7-6-12-4-2-3-5-13(12)8-14/h2-8,10-11H,9H2,1H3,(H,18,23)/t11-/m1/s1. The molecule has 8 nitrogen and oxygen atoms in total. The van der Waals surface area contributed by atoms with Gasteiger partial charge in [-0.05, 0) is 40.3 Å². The molecular formula is C16H15N5O3. The lowest BCUT2D eigenvalue weighted by Gasteiger charge is -2.13. The maximum atomic E-state index is 12.2. The monoisotopic (exact) mass is 325 g/mol. The van der Waals surface area contributed by atoms with Crippen LogP contribution in [-0.4, -0.2) is 38.2 Å². The van der Waals surface area contributed by atoms with E-state index in [1.165, 1.54) is 17.9 Å². The van der Waals surface area contributed by atoms with Gasteiger partial charge in [0.1, 0.15) is 12.9 Å². The number of aromatic nitrogens is 4. The van der Waals surface area contributed by atoms with Crippen LogP contribution in [0.25, 0.3) is 10.8 Å². The number of ether oxygens (including phenoxy) is 1. The van der Waals surface area contributed by atoms with Crippen molar-refractivity contribution < 1.29 is 14.3 Å². The molecule has 122 valence electrons. The normalized spacial score (nSPS) is 11.9. The number of tetrazole rings is 1. The van der Waals surface area contributed by atoms with Crippen molar-refractivity contribution in [2.75, 3.05) is 5.32 Å². The van der Waals surface area contributed by atoms with Crippen molar-refractivity contribution in [3.8, 4) is 0 Å². The van der Waals surface area contributed by atoms with Crippen molar-refractivity contribution in [2.24, 2.45) is 0 Å². The van der Waals surface area contributed by atoms with Crippen LogP contribution in [-0.2, 0) is 20.9 Å². The molecule has 0 aliphatic rings. The highest BCUT2D eigenvalue weighted by atomic mass is 16.5. The Hall–Kier alpha value is -3.29. The molecule has 0 radical (unpaired) electrons. The highest BCUT2D eigenvalue weighted by Gasteiger charge is 2.18. The summed E-state index contributed by atoms with van der Waals surface area (Å²) in [6.07, 6.45) is 0.363. The maximum Gasteiger partial charge on any atom is 0.328 e. The first-order valence-electron chi connectivity index (χ1n) is 7.32. The number of anilines is 1. The summed E-state index contributed by atoms with van der Waals surface area (Å²) in [6, 6.07) is 13.4. The summed E-state index contributed by atoms with van der Waals surface area (Å²) in [5.74, 6) is -1.00. The highest BCUT2D eigenvalue weighted by Crippen LogP contribution is 2.19. The fourth-order valence-corrected chi connectivity index (χ4v) is 2.18. The quantitative estimate of drug-likeness (QED) is 0.712. The van der Waals surface area contributed by atoms with E-state index >= 15 is 0 Å². The van der Waals surface area contributed by atoms with Crippen LogP contribution < -0.4 is 5.32 Å². The number of carbonyl (C=O) groups excluding carboxylic acids is 2. The zero-order valence-electron chi connectivity index (χ0n) is 12.9. The minimum atomic E-state index is -0.930. The van der Waals surface area contributed by atoms with Crippen LogP contribution in [0, 0.1) is 0 Å². The summed E-state index contributed by atoms with van der Waals surface area (Å²) in [7, 11) is 0. The van der Waals surface area contributed by atoms with Gasteiger partial charge in [-0.3, -0.25) is 9.59 Å². The van der Waals surface area contributed by atoms with E-state index in [1.807, 2.05) is 36.4 Å². The Morgan fingerprint density at radius 3 is 2.75 bits per heavy atom. The molecule has 1 atom stereocenters. The van der Waals surface area contributed by atoms with Gasteiger partial charge in [-0.25, -0.2) is 4.68 Å². The van der Waals surface area contributed by atoms with Gasteiger partial charge in [0.2, 0.25) is 0 Å². The van der Waals surface area contributed by atoms with Gasteiger partial charge in [-0.1, -0.05) is 30.3 Å². The van der Waals surface area contributed by atoms with Gasteiger partial charge < -0.3 is 10.1 Å². The largest absolute Gasteiger partial charge is 0.451 e. The third kappa shape index (κ3) is 3.72. The molecule has 0 fully saturated rings. The van der Waals surface area contributed by atoms with Crippen molar-refractivity contribution in [3.05, 3.63) is 48.8 Å². The van der Waals surface area contributed by atoms with E-state index in [4.69, 9.17) is 4.74 Å². The molecule has 0 bridgehead atoms. The van der Waals surface area contributed by atoms with Crippen LogP contribution in [0.2, 0.25) is 0 Å². The third-order valence-electron chi connectivity index (χ3n) is 3.38. The molecule has 0 unspecified atom stereocenters. The number of benzene rings is 2. The molecule has 24 heavy (non-hydrogen) atoms. The average molecular weight is 325 g/mol. The summed E-state index contributed by atoms with van der Waals surface area (Å²) >= 11 is 0. The van der Waals surface area contributed by atoms with Crippen LogP contribution in [0.5, 0.6) is 0 Å². The highest BCUT2D eigenvalue weighted by molar-refractivity contribution is 5.97. The number of carbonyl (C=O) groups is 2. The molecule has 2 aromatic carbocycles. The second-order valence-electron chi connectivity index (χ2n) is 5.19. The lowest BCUT2D eigenvalue weighted by Crippen LogP contribution is -2.31. The van der Waals surface area contributed by atoms with Gasteiger partial charge in [0, 0.05) is 5.69 Å². The average Bonchev–Trinajstić information content (AvgIpc) is 3.07. The fraction of sp³-hybridized carbons (Fsp3) is 0.188. The Labute approximate surface area is 137 Å². The van der Waals surface area contributed by atoms with Crippen molar-refractivity contribution in [3.63, 3.8) is 0 Å². The minimum absolute atomic E-state index is 0.152. The predicted molar refractivity (Wildman–Crippen MR) is 85.9 cm³/mol. The molecule has 0 aliphatic heterocycles. The van der Waals surface area contributed by atoms with Gasteiger partial charge in [0.15, 0.2) is 6.10 Å². The zero-order chi connectivity index (χ0) is 16.9. The number of hydrogen-bond acceptors (Lipinski definition) is 6. The van der Waals surface area contributed by atoms with E-state index in [-0.39, 0.29) is 6.54 Å². The maximum absolute atomic E-state index is 12.2. The van der Waals surface area contributed by atoms with E-state index in [1.54, 1.807) is 6.07 Å². The smallest absolute Gasteiger partial charge is 0.328 e. The molecule has 0 spiro atoms. The van der Waals surface area contributed by atoms with Gasteiger partial charge in [0.05, 0.1) is 0 Å².